The first-order valence-electron chi connectivity index (χ1n) is 9.44. The zero-order valence-corrected chi connectivity index (χ0v) is 16.1. The van der Waals surface area contributed by atoms with Gasteiger partial charge in [-0.1, -0.05) is 62.4 Å². The highest BCUT2D eigenvalue weighted by atomic mass is 16.6. The standard InChI is InChI=1S/C21H31NO4/c1-20(2,3)26-19(24)21(22,14-16-10-6-4-7-11-16)18(23)25-15-17-12-8-5-9-13-17/h5,8-9,12-13,16H,4,6-7,10-11,14-15,22H2,1-3H3/t21-/m0/s1. The minimum atomic E-state index is -1.76. The third kappa shape index (κ3) is 5.84. The Morgan fingerprint density at radius 3 is 2.23 bits per heavy atom. The second kappa shape index (κ2) is 8.67. The Labute approximate surface area is 156 Å². The van der Waals surface area contributed by atoms with Gasteiger partial charge in [0.1, 0.15) is 12.2 Å². The summed E-state index contributed by atoms with van der Waals surface area (Å²) in [5, 5.41) is 0. The van der Waals surface area contributed by atoms with Crippen LogP contribution in [0.25, 0.3) is 0 Å². The van der Waals surface area contributed by atoms with Gasteiger partial charge in [0.25, 0.3) is 0 Å². The van der Waals surface area contributed by atoms with Crippen molar-refractivity contribution in [3.8, 4) is 0 Å². The Balaban J connectivity index is 2.11. The van der Waals surface area contributed by atoms with Crippen molar-refractivity contribution in [3.63, 3.8) is 0 Å². The monoisotopic (exact) mass is 361 g/mol. The summed E-state index contributed by atoms with van der Waals surface area (Å²) in [5.74, 6) is -1.17. The van der Waals surface area contributed by atoms with Crippen molar-refractivity contribution < 1.29 is 19.1 Å². The molecule has 1 aliphatic carbocycles. The minimum absolute atomic E-state index is 0.0894. The molecule has 1 saturated carbocycles. The van der Waals surface area contributed by atoms with E-state index in [1.807, 2.05) is 30.3 Å². The number of esters is 2. The van der Waals surface area contributed by atoms with Gasteiger partial charge in [-0.25, -0.2) is 9.59 Å². The molecule has 26 heavy (non-hydrogen) atoms. The molecule has 1 aromatic rings. The molecule has 0 bridgehead atoms. The highest BCUT2D eigenvalue weighted by Crippen LogP contribution is 2.32. The summed E-state index contributed by atoms with van der Waals surface area (Å²) < 4.78 is 10.9. The fourth-order valence-corrected chi connectivity index (χ4v) is 3.32. The van der Waals surface area contributed by atoms with Crippen LogP contribution in [-0.4, -0.2) is 23.1 Å². The number of hydrogen-bond donors (Lipinski definition) is 1. The van der Waals surface area contributed by atoms with Crippen LogP contribution in [0.3, 0.4) is 0 Å². The van der Waals surface area contributed by atoms with E-state index in [1.54, 1.807) is 20.8 Å². The summed E-state index contributed by atoms with van der Waals surface area (Å²) in [6.45, 7) is 5.38. The van der Waals surface area contributed by atoms with Crippen LogP contribution in [-0.2, 0) is 25.7 Å². The van der Waals surface area contributed by atoms with Crippen molar-refractivity contribution in [2.24, 2.45) is 11.7 Å². The van der Waals surface area contributed by atoms with Crippen LogP contribution in [0.2, 0.25) is 0 Å². The van der Waals surface area contributed by atoms with Gasteiger partial charge in [0.15, 0.2) is 0 Å². The SMILES string of the molecule is CC(C)(C)OC(=O)[C@](N)(CC1CCCCC1)C(=O)OCc1ccccc1. The predicted octanol–water partition coefficient (Wildman–Crippen LogP) is 3.74. The first-order valence-corrected chi connectivity index (χ1v) is 9.44. The Kier molecular flexibility index (Phi) is 6.81. The van der Waals surface area contributed by atoms with E-state index in [9.17, 15) is 9.59 Å². The van der Waals surface area contributed by atoms with Crippen LogP contribution in [0.15, 0.2) is 30.3 Å². The van der Waals surface area contributed by atoms with E-state index < -0.39 is 23.1 Å². The molecule has 1 fully saturated rings. The van der Waals surface area contributed by atoms with Crippen molar-refractivity contribution >= 4 is 11.9 Å². The van der Waals surface area contributed by atoms with Crippen molar-refractivity contribution in [3.05, 3.63) is 35.9 Å². The molecule has 2 rings (SSSR count). The number of benzene rings is 1. The van der Waals surface area contributed by atoms with E-state index in [2.05, 4.69) is 0 Å². The maximum atomic E-state index is 12.8. The average Bonchev–Trinajstić information content (AvgIpc) is 2.59. The number of nitrogens with two attached hydrogens (primary N) is 1. The number of rotatable bonds is 6. The lowest BCUT2D eigenvalue weighted by Gasteiger charge is -2.33. The van der Waals surface area contributed by atoms with Gasteiger partial charge in [-0.05, 0) is 38.7 Å². The molecule has 1 aliphatic rings. The predicted molar refractivity (Wildman–Crippen MR) is 100 cm³/mol. The van der Waals surface area contributed by atoms with Crippen LogP contribution >= 0.6 is 0 Å². The molecule has 0 aromatic heterocycles. The van der Waals surface area contributed by atoms with Gasteiger partial charge in [-0.3, -0.25) is 0 Å². The maximum absolute atomic E-state index is 12.8. The highest BCUT2D eigenvalue weighted by molar-refractivity contribution is 6.04. The smallest absolute Gasteiger partial charge is 0.338 e. The summed E-state index contributed by atoms with van der Waals surface area (Å²) in [6, 6.07) is 9.35. The highest BCUT2D eigenvalue weighted by Gasteiger charge is 2.48. The molecule has 0 spiro atoms. The number of hydrogen-bond acceptors (Lipinski definition) is 5. The molecule has 1 atom stereocenters. The quantitative estimate of drug-likeness (QED) is 0.617. The zero-order chi connectivity index (χ0) is 19.2. The second-order valence-electron chi connectivity index (χ2n) is 8.24. The fourth-order valence-electron chi connectivity index (χ4n) is 3.32. The molecule has 1 aromatic carbocycles. The van der Waals surface area contributed by atoms with Gasteiger partial charge in [-0.2, -0.15) is 0 Å². The van der Waals surface area contributed by atoms with Gasteiger partial charge in [0.2, 0.25) is 5.54 Å². The van der Waals surface area contributed by atoms with Gasteiger partial charge in [0, 0.05) is 0 Å². The van der Waals surface area contributed by atoms with Crippen molar-refractivity contribution in [2.75, 3.05) is 0 Å². The molecular formula is C21H31NO4. The Morgan fingerprint density at radius 2 is 1.65 bits per heavy atom. The Hall–Kier alpha value is -1.88. The maximum Gasteiger partial charge on any atom is 0.338 e. The summed E-state index contributed by atoms with van der Waals surface area (Å²) in [5.41, 5.74) is 4.72. The van der Waals surface area contributed by atoms with Crippen molar-refractivity contribution in [1.29, 1.82) is 0 Å². The lowest BCUT2D eigenvalue weighted by atomic mass is 9.79. The molecule has 2 N–H and O–H groups in total. The van der Waals surface area contributed by atoms with Crippen LogP contribution in [0, 0.1) is 5.92 Å². The molecular weight excluding hydrogens is 330 g/mol. The van der Waals surface area contributed by atoms with E-state index in [0.717, 1.165) is 31.2 Å². The number of carbonyl (C=O) groups is 2. The number of ether oxygens (including phenoxy) is 2. The van der Waals surface area contributed by atoms with Crippen molar-refractivity contribution in [2.45, 2.75) is 77.0 Å². The largest absolute Gasteiger partial charge is 0.459 e. The van der Waals surface area contributed by atoms with Crippen molar-refractivity contribution in [1.82, 2.24) is 0 Å². The molecule has 144 valence electrons. The molecule has 0 unspecified atom stereocenters. The summed E-state index contributed by atoms with van der Waals surface area (Å²) >= 11 is 0. The third-order valence-corrected chi connectivity index (χ3v) is 4.68. The van der Waals surface area contributed by atoms with E-state index in [1.165, 1.54) is 6.42 Å². The third-order valence-electron chi connectivity index (χ3n) is 4.68. The van der Waals surface area contributed by atoms with E-state index in [-0.39, 0.29) is 18.9 Å². The molecule has 0 aliphatic heterocycles. The minimum Gasteiger partial charge on any atom is -0.459 e. The number of carbonyl (C=O) groups excluding carboxylic acids is 2. The van der Waals surface area contributed by atoms with Gasteiger partial charge in [-0.15, -0.1) is 0 Å². The zero-order valence-electron chi connectivity index (χ0n) is 16.1. The molecule has 5 nitrogen and oxygen atoms in total. The van der Waals surface area contributed by atoms with Crippen LogP contribution in [0.1, 0.15) is 64.9 Å². The molecule has 0 amide bonds. The summed E-state index contributed by atoms with van der Waals surface area (Å²) in [6.07, 6.45) is 5.64. The lowest BCUT2D eigenvalue weighted by Crippen LogP contribution is -2.58. The van der Waals surface area contributed by atoms with Gasteiger partial charge < -0.3 is 15.2 Å². The van der Waals surface area contributed by atoms with Gasteiger partial charge in [0.05, 0.1) is 0 Å². The summed E-state index contributed by atoms with van der Waals surface area (Å²) in [4.78, 5) is 25.6. The van der Waals surface area contributed by atoms with Crippen LogP contribution in [0.5, 0.6) is 0 Å². The molecule has 5 heteroatoms. The first-order chi connectivity index (χ1) is 12.2. The summed E-state index contributed by atoms with van der Waals surface area (Å²) in [7, 11) is 0. The van der Waals surface area contributed by atoms with Crippen LogP contribution in [0.4, 0.5) is 0 Å². The molecule has 0 saturated heterocycles. The normalized spacial score (nSPS) is 18.0. The Morgan fingerprint density at radius 1 is 1.04 bits per heavy atom. The lowest BCUT2D eigenvalue weighted by molar-refractivity contribution is -0.173. The van der Waals surface area contributed by atoms with E-state index >= 15 is 0 Å². The topological polar surface area (TPSA) is 78.6 Å². The molecule has 0 heterocycles. The van der Waals surface area contributed by atoms with E-state index in [4.69, 9.17) is 15.2 Å². The molecule has 0 radical (unpaired) electrons. The Bertz CT molecular complexity index is 602. The first kappa shape index (κ1) is 20.4. The van der Waals surface area contributed by atoms with Gasteiger partial charge >= 0.3 is 11.9 Å². The second-order valence-corrected chi connectivity index (χ2v) is 8.24. The van der Waals surface area contributed by atoms with E-state index in [0.29, 0.717) is 0 Å². The van der Waals surface area contributed by atoms with Crippen LogP contribution < -0.4 is 5.73 Å². The average molecular weight is 361 g/mol. The fraction of sp³-hybridized carbons (Fsp3) is 0.619.